The number of imidazole rings is 1. The van der Waals surface area contributed by atoms with Gasteiger partial charge in [0.05, 0.1) is 0 Å². The maximum atomic E-state index is 13.1. The van der Waals surface area contributed by atoms with E-state index in [1.54, 1.807) is 23.0 Å². The molecule has 0 fully saturated rings. The molecule has 10 heteroatoms. The van der Waals surface area contributed by atoms with Crippen molar-refractivity contribution in [3.8, 4) is 22.9 Å². The lowest BCUT2D eigenvalue weighted by molar-refractivity contribution is -0.286. The molecule has 2 N–H and O–H groups in total. The third-order valence-electron chi connectivity index (χ3n) is 3.89. The van der Waals surface area contributed by atoms with Gasteiger partial charge >= 0.3 is 12.0 Å². The van der Waals surface area contributed by atoms with Crippen molar-refractivity contribution in [2.45, 2.75) is 19.3 Å². The summed E-state index contributed by atoms with van der Waals surface area (Å²) in [5.41, 5.74) is -0.0556. The van der Waals surface area contributed by atoms with Crippen molar-refractivity contribution >= 4 is 0 Å². The van der Waals surface area contributed by atoms with Crippen molar-refractivity contribution in [2.24, 2.45) is 0 Å². The van der Waals surface area contributed by atoms with Crippen LogP contribution in [0.3, 0.4) is 0 Å². The third kappa shape index (κ3) is 2.96. The third-order valence-corrected chi connectivity index (χ3v) is 3.89. The fraction of sp³-hybridized carbons (Fsp3) is 0.188. The minimum absolute atomic E-state index is 0.0448. The van der Waals surface area contributed by atoms with Crippen LogP contribution in [0, 0.1) is 0 Å². The van der Waals surface area contributed by atoms with Crippen molar-refractivity contribution in [3.63, 3.8) is 0 Å². The molecule has 0 aliphatic carbocycles. The topological polar surface area (TPSA) is 102 Å². The molecule has 1 aliphatic heterocycles. The second-order valence-corrected chi connectivity index (χ2v) is 5.62. The van der Waals surface area contributed by atoms with Crippen molar-refractivity contribution in [3.05, 3.63) is 63.2 Å². The molecule has 8 nitrogen and oxygen atoms in total. The van der Waals surface area contributed by atoms with Crippen LogP contribution in [0.1, 0.15) is 5.56 Å². The summed E-state index contributed by atoms with van der Waals surface area (Å²) in [7, 11) is 0. The molecule has 1 aliphatic rings. The number of aromatic amines is 2. The molecule has 134 valence electrons. The molecule has 0 saturated carbocycles. The molecule has 0 saturated heterocycles. The monoisotopic (exact) mass is 362 g/mol. The van der Waals surface area contributed by atoms with E-state index in [0.717, 1.165) is 0 Å². The van der Waals surface area contributed by atoms with E-state index in [9.17, 15) is 18.4 Å². The number of hydrogen-bond donors (Lipinski definition) is 2. The zero-order valence-electron chi connectivity index (χ0n) is 13.2. The molecule has 1 aromatic carbocycles. The lowest BCUT2D eigenvalue weighted by atomic mass is 10.2. The molecule has 0 radical (unpaired) electrons. The zero-order chi connectivity index (χ0) is 18.3. The maximum absolute atomic E-state index is 13.1. The Bertz CT molecular complexity index is 1090. The molecule has 2 aromatic heterocycles. The van der Waals surface area contributed by atoms with E-state index < -0.39 is 17.5 Å². The Morgan fingerprint density at radius 2 is 2.00 bits per heavy atom. The second kappa shape index (κ2) is 5.83. The Morgan fingerprint density at radius 3 is 2.81 bits per heavy atom. The van der Waals surface area contributed by atoms with Gasteiger partial charge in [-0.15, -0.1) is 8.78 Å². The summed E-state index contributed by atoms with van der Waals surface area (Å²) >= 11 is 0. The van der Waals surface area contributed by atoms with Crippen LogP contribution in [-0.4, -0.2) is 25.8 Å². The molecule has 0 spiro atoms. The van der Waals surface area contributed by atoms with Gasteiger partial charge in [0, 0.05) is 36.3 Å². The number of fused-ring (bicyclic) bond motifs is 1. The Morgan fingerprint density at radius 1 is 1.19 bits per heavy atom. The lowest BCUT2D eigenvalue weighted by Gasteiger charge is -2.08. The molecule has 0 atom stereocenters. The normalized spacial score (nSPS) is 14.5. The molecule has 0 amide bonds. The van der Waals surface area contributed by atoms with Crippen LogP contribution in [0.2, 0.25) is 0 Å². The average Bonchev–Trinajstić information content (AvgIpc) is 3.15. The van der Waals surface area contributed by atoms with Gasteiger partial charge in [0.1, 0.15) is 5.82 Å². The van der Waals surface area contributed by atoms with Gasteiger partial charge in [0.25, 0.3) is 5.56 Å². The summed E-state index contributed by atoms with van der Waals surface area (Å²) < 4.78 is 36.9. The Labute approximate surface area is 144 Å². The first kappa shape index (κ1) is 16.1. The first-order valence-electron chi connectivity index (χ1n) is 7.63. The Hall–Kier alpha value is -3.43. The number of H-pyrrole nitrogens is 2. The maximum Gasteiger partial charge on any atom is 0.586 e. The molecule has 3 aromatic rings. The highest BCUT2D eigenvalue weighted by Gasteiger charge is 2.43. The highest BCUT2D eigenvalue weighted by Crippen LogP contribution is 2.42. The quantitative estimate of drug-likeness (QED) is 0.732. The number of ether oxygens (including phenoxy) is 2. The number of hydrogen-bond acceptors (Lipinski definition) is 5. The predicted octanol–water partition coefficient (Wildman–Crippen LogP) is 1.49. The van der Waals surface area contributed by atoms with Gasteiger partial charge in [0.2, 0.25) is 0 Å². The van der Waals surface area contributed by atoms with Crippen LogP contribution in [0.25, 0.3) is 11.4 Å². The molecule has 3 heterocycles. The minimum Gasteiger partial charge on any atom is -0.395 e. The first-order chi connectivity index (χ1) is 12.4. The van der Waals surface area contributed by atoms with Crippen LogP contribution >= 0.6 is 0 Å². The number of nitrogens with one attached hydrogen (secondary N) is 2. The van der Waals surface area contributed by atoms with Crippen molar-refractivity contribution < 1.29 is 18.3 Å². The van der Waals surface area contributed by atoms with Gasteiger partial charge in [0.15, 0.2) is 11.5 Å². The number of aryl methyl sites for hydroxylation is 2. The summed E-state index contributed by atoms with van der Waals surface area (Å²) in [5.74, 6) is 0.406. The van der Waals surface area contributed by atoms with Crippen LogP contribution in [-0.2, 0) is 13.0 Å². The molecule has 4 rings (SSSR count). The van der Waals surface area contributed by atoms with E-state index >= 15 is 0 Å². The number of halogens is 2. The van der Waals surface area contributed by atoms with E-state index in [2.05, 4.69) is 24.4 Å². The van der Waals surface area contributed by atoms with Gasteiger partial charge in [-0.05, 0) is 24.6 Å². The lowest BCUT2D eigenvalue weighted by Crippen LogP contribution is -2.25. The van der Waals surface area contributed by atoms with E-state index in [1.807, 2.05) is 0 Å². The summed E-state index contributed by atoms with van der Waals surface area (Å²) in [4.78, 5) is 31.6. The predicted molar refractivity (Wildman–Crippen MR) is 85.3 cm³/mol. The fourth-order valence-corrected chi connectivity index (χ4v) is 2.70. The highest BCUT2D eigenvalue weighted by molar-refractivity contribution is 5.62. The SMILES string of the molecule is O=c1[nH]cc(CCn2ccnc2-c2ccc3c(c2)OC(F)(F)O3)c(=O)[nH]1. The Kier molecular flexibility index (Phi) is 3.60. The van der Waals surface area contributed by atoms with Crippen molar-refractivity contribution in [2.75, 3.05) is 0 Å². The van der Waals surface area contributed by atoms with E-state index in [4.69, 9.17) is 0 Å². The molecule has 0 unspecified atom stereocenters. The number of benzene rings is 1. The van der Waals surface area contributed by atoms with Crippen LogP contribution in [0.4, 0.5) is 8.78 Å². The fourth-order valence-electron chi connectivity index (χ4n) is 2.70. The van der Waals surface area contributed by atoms with Gasteiger partial charge in [-0.3, -0.25) is 9.78 Å². The first-order valence-corrected chi connectivity index (χ1v) is 7.63. The number of nitrogens with zero attached hydrogens (tertiary/aromatic N) is 2. The molecular weight excluding hydrogens is 350 g/mol. The number of aromatic nitrogens is 4. The van der Waals surface area contributed by atoms with Gasteiger partial charge in [-0.1, -0.05) is 0 Å². The summed E-state index contributed by atoms with van der Waals surface area (Å²) in [6, 6.07) is 4.40. The van der Waals surface area contributed by atoms with Crippen LogP contribution in [0.5, 0.6) is 11.5 Å². The molecule has 26 heavy (non-hydrogen) atoms. The van der Waals surface area contributed by atoms with Gasteiger partial charge < -0.3 is 19.0 Å². The van der Waals surface area contributed by atoms with Crippen molar-refractivity contribution in [1.82, 2.24) is 19.5 Å². The molecule has 0 bridgehead atoms. The molecular formula is C16H12F2N4O4. The van der Waals surface area contributed by atoms with E-state index in [0.29, 0.717) is 29.9 Å². The zero-order valence-corrected chi connectivity index (χ0v) is 13.2. The minimum atomic E-state index is -3.68. The Balaban J connectivity index is 1.58. The number of alkyl halides is 2. The highest BCUT2D eigenvalue weighted by atomic mass is 19.3. The van der Waals surface area contributed by atoms with Crippen LogP contribution < -0.4 is 20.7 Å². The van der Waals surface area contributed by atoms with Gasteiger partial charge in [-0.2, -0.15) is 0 Å². The van der Waals surface area contributed by atoms with E-state index in [-0.39, 0.29) is 11.5 Å². The van der Waals surface area contributed by atoms with Crippen molar-refractivity contribution in [1.29, 1.82) is 0 Å². The summed E-state index contributed by atoms with van der Waals surface area (Å²) in [6.07, 6.45) is 1.29. The summed E-state index contributed by atoms with van der Waals surface area (Å²) in [6.45, 7) is 0.398. The smallest absolute Gasteiger partial charge is 0.395 e. The van der Waals surface area contributed by atoms with Crippen LogP contribution in [0.15, 0.2) is 46.4 Å². The average molecular weight is 362 g/mol. The summed E-state index contributed by atoms with van der Waals surface area (Å²) in [5, 5.41) is 0. The van der Waals surface area contributed by atoms with E-state index in [1.165, 1.54) is 18.3 Å². The second-order valence-electron chi connectivity index (χ2n) is 5.62. The standard InChI is InChI=1S/C16H12F2N4O4/c17-16(18)25-11-2-1-9(7-12(11)26-16)13-19-4-6-22(13)5-3-10-8-20-15(24)21-14(10)23/h1-2,4,6-8H,3,5H2,(H2,20,21,23,24). The largest absolute Gasteiger partial charge is 0.586 e. The number of rotatable bonds is 4. The van der Waals surface area contributed by atoms with Gasteiger partial charge in [-0.25, -0.2) is 9.78 Å².